The first-order chi connectivity index (χ1) is 5.51. The molecular formula is C9H15NO2. The molecule has 2 N–H and O–H groups in total. The van der Waals surface area contributed by atoms with Gasteiger partial charge in [-0.1, -0.05) is 0 Å². The van der Waals surface area contributed by atoms with Crippen LogP contribution in [0.4, 0.5) is 0 Å². The molecular weight excluding hydrogens is 154 g/mol. The highest BCUT2D eigenvalue weighted by atomic mass is 16.6. The molecule has 1 rings (SSSR count). The summed E-state index contributed by atoms with van der Waals surface area (Å²) in [5.74, 6) is 1.28. The van der Waals surface area contributed by atoms with Crippen LogP contribution in [0.3, 0.4) is 0 Å². The van der Waals surface area contributed by atoms with Gasteiger partial charge in [-0.3, -0.25) is 0 Å². The molecule has 0 aliphatic carbocycles. The van der Waals surface area contributed by atoms with Crippen LogP contribution in [0, 0.1) is 0 Å². The Bertz CT molecular complexity index is 247. The molecule has 0 unspecified atom stereocenters. The second kappa shape index (κ2) is 3.19. The number of furan rings is 1. The van der Waals surface area contributed by atoms with Gasteiger partial charge in [0.15, 0.2) is 0 Å². The zero-order valence-electron chi connectivity index (χ0n) is 7.76. The molecule has 3 heteroatoms. The van der Waals surface area contributed by atoms with Crippen LogP contribution in [0.2, 0.25) is 0 Å². The highest BCUT2D eigenvalue weighted by molar-refractivity contribution is 5.12. The van der Waals surface area contributed by atoms with Crippen LogP contribution in [0.15, 0.2) is 16.5 Å². The van der Waals surface area contributed by atoms with Gasteiger partial charge in [-0.05, 0) is 26.8 Å². The Hall–Kier alpha value is -0.960. The minimum absolute atomic E-state index is 0.219. The van der Waals surface area contributed by atoms with Crippen molar-refractivity contribution < 1.29 is 9.15 Å². The van der Waals surface area contributed by atoms with E-state index in [9.17, 15) is 0 Å². The third-order valence-electron chi connectivity index (χ3n) is 1.24. The molecule has 0 radical (unpaired) electrons. The van der Waals surface area contributed by atoms with E-state index in [-0.39, 0.29) is 5.60 Å². The van der Waals surface area contributed by atoms with Crippen LogP contribution in [-0.4, -0.2) is 5.60 Å². The zero-order valence-corrected chi connectivity index (χ0v) is 7.76. The quantitative estimate of drug-likeness (QED) is 0.735. The van der Waals surface area contributed by atoms with Crippen molar-refractivity contribution in [3.05, 3.63) is 17.9 Å². The summed E-state index contributed by atoms with van der Waals surface area (Å²) in [6.45, 7) is 6.32. The van der Waals surface area contributed by atoms with E-state index in [0.29, 0.717) is 12.5 Å². The molecule has 0 aromatic carbocycles. The first-order valence-corrected chi connectivity index (χ1v) is 3.99. The summed E-state index contributed by atoms with van der Waals surface area (Å²) in [6.07, 6.45) is 0. The van der Waals surface area contributed by atoms with Gasteiger partial charge in [-0.15, -0.1) is 0 Å². The van der Waals surface area contributed by atoms with Crippen molar-refractivity contribution in [1.29, 1.82) is 0 Å². The average molecular weight is 169 g/mol. The van der Waals surface area contributed by atoms with Gasteiger partial charge in [0.25, 0.3) is 5.95 Å². The first kappa shape index (κ1) is 9.13. The molecule has 12 heavy (non-hydrogen) atoms. The maximum Gasteiger partial charge on any atom is 0.285 e. The molecule has 0 atom stereocenters. The highest BCUT2D eigenvalue weighted by Gasteiger charge is 2.13. The topological polar surface area (TPSA) is 48.4 Å². The van der Waals surface area contributed by atoms with Crippen LogP contribution in [-0.2, 0) is 6.54 Å². The molecule has 0 bridgehead atoms. The maximum absolute atomic E-state index is 5.46. The lowest BCUT2D eigenvalue weighted by Gasteiger charge is -2.18. The summed E-state index contributed by atoms with van der Waals surface area (Å²) in [5.41, 5.74) is 5.16. The van der Waals surface area contributed by atoms with Gasteiger partial charge in [0.05, 0.1) is 6.54 Å². The molecule has 0 amide bonds. The molecule has 0 aliphatic rings. The van der Waals surface area contributed by atoms with Gasteiger partial charge >= 0.3 is 0 Å². The largest absolute Gasteiger partial charge is 0.459 e. The Balaban J connectivity index is 2.64. The lowest BCUT2D eigenvalue weighted by molar-refractivity contribution is 0.0933. The van der Waals surface area contributed by atoms with E-state index in [1.807, 2.05) is 26.8 Å². The fourth-order valence-corrected chi connectivity index (χ4v) is 0.825. The summed E-state index contributed by atoms with van der Waals surface area (Å²) in [5, 5.41) is 0. The smallest absolute Gasteiger partial charge is 0.285 e. The number of ether oxygens (including phenoxy) is 1. The van der Waals surface area contributed by atoms with Gasteiger partial charge in [0.1, 0.15) is 11.4 Å². The van der Waals surface area contributed by atoms with Crippen LogP contribution >= 0.6 is 0 Å². The van der Waals surface area contributed by atoms with Crippen molar-refractivity contribution in [2.75, 3.05) is 0 Å². The normalized spacial score (nSPS) is 11.7. The highest BCUT2D eigenvalue weighted by Crippen LogP contribution is 2.20. The molecule has 0 aliphatic heterocycles. The maximum atomic E-state index is 5.46. The Morgan fingerprint density at radius 1 is 1.42 bits per heavy atom. The van der Waals surface area contributed by atoms with E-state index >= 15 is 0 Å². The third kappa shape index (κ3) is 2.58. The minimum Gasteiger partial charge on any atom is -0.459 e. The van der Waals surface area contributed by atoms with Crippen LogP contribution in [0.25, 0.3) is 0 Å². The fraction of sp³-hybridized carbons (Fsp3) is 0.556. The van der Waals surface area contributed by atoms with Crippen LogP contribution in [0.1, 0.15) is 26.5 Å². The molecule has 0 saturated heterocycles. The molecule has 0 fully saturated rings. The van der Waals surface area contributed by atoms with Crippen molar-refractivity contribution >= 4 is 0 Å². The average Bonchev–Trinajstić information content (AvgIpc) is 2.32. The van der Waals surface area contributed by atoms with Gasteiger partial charge < -0.3 is 14.9 Å². The number of hydrogen-bond acceptors (Lipinski definition) is 3. The second-order valence-corrected chi connectivity index (χ2v) is 3.64. The van der Waals surface area contributed by atoms with E-state index in [0.717, 1.165) is 5.76 Å². The monoisotopic (exact) mass is 169 g/mol. The van der Waals surface area contributed by atoms with E-state index in [2.05, 4.69) is 0 Å². The molecule has 1 aromatic rings. The summed E-state index contributed by atoms with van der Waals surface area (Å²) in [4.78, 5) is 0. The predicted molar refractivity (Wildman–Crippen MR) is 47.0 cm³/mol. The predicted octanol–water partition coefficient (Wildman–Crippen LogP) is 1.92. The molecule has 0 saturated carbocycles. The summed E-state index contributed by atoms with van der Waals surface area (Å²) < 4.78 is 10.7. The summed E-state index contributed by atoms with van der Waals surface area (Å²) in [6, 6.07) is 3.61. The Morgan fingerprint density at radius 2 is 2.08 bits per heavy atom. The molecule has 3 nitrogen and oxygen atoms in total. The fourth-order valence-electron chi connectivity index (χ4n) is 0.825. The second-order valence-electron chi connectivity index (χ2n) is 3.64. The Kier molecular flexibility index (Phi) is 2.43. The third-order valence-corrected chi connectivity index (χ3v) is 1.24. The van der Waals surface area contributed by atoms with Crippen molar-refractivity contribution in [3.63, 3.8) is 0 Å². The molecule has 0 spiro atoms. The molecule has 1 heterocycles. The minimum atomic E-state index is -0.219. The van der Waals surface area contributed by atoms with Gasteiger partial charge in [-0.25, -0.2) is 0 Å². The van der Waals surface area contributed by atoms with Crippen molar-refractivity contribution in [2.24, 2.45) is 5.73 Å². The lowest BCUT2D eigenvalue weighted by Crippen LogP contribution is -2.22. The molecule has 68 valence electrons. The van der Waals surface area contributed by atoms with E-state index < -0.39 is 0 Å². The van der Waals surface area contributed by atoms with Gasteiger partial charge in [-0.2, -0.15) is 0 Å². The van der Waals surface area contributed by atoms with Crippen molar-refractivity contribution in [2.45, 2.75) is 32.9 Å². The number of rotatable bonds is 2. The van der Waals surface area contributed by atoms with Crippen molar-refractivity contribution in [3.8, 4) is 5.95 Å². The summed E-state index contributed by atoms with van der Waals surface area (Å²) >= 11 is 0. The number of nitrogens with two attached hydrogens (primary N) is 1. The van der Waals surface area contributed by atoms with E-state index in [4.69, 9.17) is 14.9 Å². The Labute approximate surface area is 72.5 Å². The standard InChI is InChI=1S/C9H15NO2/c1-9(2,3)12-8-5-4-7(6-10)11-8/h4-5H,6,10H2,1-3H3. The Morgan fingerprint density at radius 3 is 2.50 bits per heavy atom. The number of hydrogen-bond donors (Lipinski definition) is 1. The zero-order chi connectivity index (χ0) is 9.19. The molecule has 1 aromatic heterocycles. The lowest BCUT2D eigenvalue weighted by atomic mass is 10.2. The first-order valence-electron chi connectivity index (χ1n) is 3.99. The van der Waals surface area contributed by atoms with Crippen LogP contribution in [0.5, 0.6) is 5.95 Å². The van der Waals surface area contributed by atoms with E-state index in [1.54, 1.807) is 6.07 Å². The SMILES string of the molecule is CC(C)(C)Oc1ccc(CN)o1. The van der Waals surface area contributed by atoms with Crippen molar-refractivity contribution in [1.82, 2.24) is 0 Å². The van der Waals surface area contributed by atoms with Gasteiger partial charge in [0.2, 0.25) is 0 Å². The summed E-state index contributed by atoms with van der Waals surface area (Å²) in [7, 11) is 0. The van der Waals surface area contributed by atoms with Crippen LogP contribution < -0.4 is 10.5 Å². The van der Waals surface area contributed by atoms with Gasteiger partial charge in [0, 0.05) is 6.07 Å². The van der Waals surface area contributed by atoms with E-state index in [1.165, 1.54) is 0 Å².